The summed E-state index contributed by atoms with van der Waals surface area (Å²) in [7, 11) is 5.12. The number of hydrogen-bond donors (Lipinski definition) is 0. The number of methoxy groups -OCH3 is 4. The standard InChI is InChI=1S/C12H16O5.C10H12O5/c1-5-7-9(11(13)15-3)10(12(14)16-4)8(6-2)17-7;1-13-9(11)7-5-3-4-6(15-5)8(7)10(12)14-2/h5-10H,1-2H2,3-4H3;3-8H,1-2H3. The van der Waals surface area contributed by atoms with Gasteiger partial charge in [-0.2, -0.15) is 0 Å². The van der Waals surface area contributed by atoms with Crippen molar-refractivity contribution >= 4 is 23.9 Å². The van der Waals surface area contributed by atoms with E-state index in [1.54, 1.807) is 12.2 Å². The van der Waals surface area contributed by atoms with Gasteiger partial charge >= 0.3 is 23.9 Å². The smallest absolute Gasteiger partial charge is 0.312 e. The fourth-order valence-corrected chi connectivity index (χ4v) is 4.14. The number of esters is 4. The molecule has 0 spiro atoms. The summed E-state index contributed by atoms with van der Waals surface area (Å²) in [5, 5.41) is 0. The van der Waals surface area contributed by atoms with Crippen LogP contribution in [-0.2, 0) is 47.6 Å². The molecular formula is C22H28O10. The second-order valence-electron chi connectivity index (χ2n) is 7.18. The lowest BCUT2D eigenvalue weighted by Gasteiger charge is -2.20. The Bertz CT molecular complexity index is 726. The van der Waals surface area contributed by atoms with Crippen LogP contribution in [0.1, 0.15) is 0 Å². The number of fused-ring (bicyclic) bond motifs is 2. The normalized spacial score (nSPS) is 34.0. The monoisotopic (exact) mass is 452 g/mol. The second-order valence-corrected chi connectivity index (χ2v) is 7.18. The lowest BCUT2D eigenvalue weighted by Crippen LogP contribution is -2.37. The molecule has 3 aliphatic heterocycles. The van der Waals surface area contributed by atoms with Crippen molar-refractivity contribution in [2.24, 2.45) is 23.7 Å². The van der Waals surface area contributed by atoms with Crippen LogP contribution in [-0.4, -0.2) is 76.7 Å². The quantitative estimate of drug-likeness (QED) is 0.322. The largest absolute Gasteiger partial charge is 0.469 e. The first-order chi connectivity index (χ1) is 15.3. The van der Waals surface area contributed by atoms with Crippen LogP contribution in [0.25, 0.3) is 0 Å². The molecule has 176 valence electrons. The molecule has 3 heterocycles. The van der Waals surface area contributed by atoms with Gasteiger partial charge in [0.25, 0.3) is 0 Å². The van der Waals surface area contributed by atoms with Gasteiger partial charge in [-0.3, -0.25) is 19.2 Å². The van der Waals surface area contributed by atoms with Gasteiger partial charge in [0.15, 0.2) is 0 Å². The minimum absolute atomic E-state index is 0.355. The summed E-state index contributed by atoms with van der Waals surface area (Å²) in [6.07, 6.45) is 4.65. The topological polar surface area (TPSA) is 124 Å². The van der Waals surface area contributed by atoms with Crippen molar-refractivity contribution in [1.82, 2.24) is 0 Å². The fourth-order valence-electron chi connectivity index (χ4n) is 4.14. The summed E-state index contributed by atoms with van der Waals surface area (Å²) in [4.78, 5) is 46.3. The van der Waals surface area contributed by atoms with Gasteiger partial charge in [-0.25, -0.2) is 0 Å². The van der Waals surface area contributed by atoms with E-state index < -0.39 is 59.8 Å². The van der Waals surface area contributed by atoms with Gasteiger partial charge in [0.2, 0.25) is 0 Å². The Morgan fingerprint density at radius 3 is 1.22 bits per heavy atom. The molecule has 0 amide bonds. The predicted octanol–water partition coefficient (Wildman–Crippen LogP) is 0.606. The van der Waals surface area contributed by atoms with E-state index in [9.17, 15) is 19.2 Å². The molecule has 8 atom stereocenters. The molecule has 0 N–H and O–H groups in total. The van der Waals surface area contributed by atoms with Crippen molar-refractivity contribution in [1.29, 1.82) is 0 Å². The molecule has 2 bridgehead atoms. The van der Waals surface area contributed by atoms with E-state index in [0.717, 1.165) is 0 Å². The maximum Gasteiger partial charge on any atom is 0.312 e. The first-order valence-corrected chi connectivity index (χ1v) is 9.85. The van der Waals surface area contributed by atoms with Gasteiger partial charge in [0.1, 0.15) is 23.7 Å². The van der Waals surface area contributed by atoms with Crippen LogP contribution >= 0.6 is 0 Å². The molecule has 0 aliphatic carbocycles. The summed E-state index contributed by atoms with van der Waals surface area (Å²) >= 11 is 0. The van der Waals surface area contributed by atoms with E-state index in [4.69, 9.17) is 9.47 Å². The van der Waals surface area contributed by atoms with Crippen LogP contribution < -0.4 is 0 Å². The number of hydrogen-bond acceptors (Lipinski definition) is 10. The third-order valence-electron chi connectivity index (χ3n) is 5.67. The Labute approximate surface area is 186 Å². The Morgan fingerprint density at radius 2 is 0.938 bits per heavy atom. The van der Waals surface area contributed by atoms with Gasteiger partial charge < -0.3 is 28.4 Å². The highest BCUT2D eigenvalue weighted by Gasteiger charge is 2.54. The third kappa shape index (κ3) is 4.76. The van der Waals surface area contributed by atoms with Crippen molar-refractivity contribution in [2.75, 3.05) is 28.4 Å². The molecule has 10 nitrogen and oxygen atoms in total. The molecule has 8 unspecified atom stereocenters. The fraction of sp³-hybridized carbons (Fsp3) is 0.545. The Hall–Kier alpha value is -2.98. The molecule has 2 fully saturated rings. The van der Waals surface area contributed by atoms with Crippen molar-refractivity contribution in [2.45, 2.75) is 24.4 Å². The molecule has 0 saturated carbocycles. The van der Waals surface area contributed by atoms with Crippen LogP contribution in [0, 0.1) is 23.7 Å². The zero-order valence-electron chi connectivity index (χ0n) is 18.4. The van der Waals surface area contributed by atoms with E-state index in [-0.39, 0.29) is 12.2 Å². The predicted molar refractivity (Wildman–Crippen MR) is 109 cm³/mol. The summed E-state index contributed by atoms with van der Waals surface area (Å²) in [6, 6.07) is 0. The van der Waals surface area contributed by atoms with Gasteiger partial charge in [-0.05, 0) is 0 Å². The minimum atomic E-state index is -0.743. The minimum Gasteiger partial charge on any atom is -0.469 e. The highest BCUT2D eigenvalue weighted by atomic mass is 16.6. The zero-order valence-corrected chi connectivity index (χ0v) is 18.4. The van der Waals surface area contributed by atoms with Gasteiger partial charge in [0, 0.05) is 0 Å². The van der Waals surface area contributed by atoms with Gasteiger partial charge in [-0.1, -0.05) is 24.3 Å². The van der Waals surface area contributed by atoms with Crippen LogP contribution in [0.4, 0.5) is 0 Å². The number of carbonyl (C=O) groups excluding carboxylic acids is 4. The number of carbonyl (C=O) groups is 4. The Morgan fingerprint density at radius 1 is 0.625 bits per heavy atom. The van der Waals surface area contributed by atoms with Crippen molar-refractivity contribution in [3.63, 3.8) is 0 Å². The van der Waals surface area contributed by atoms with Gasteiger partial charge in [0.05, 0.1) is 52.9 Å². The van der Waals surface area contributed by atoms with Crippen molar-refractivity contribution in [3.05, 3.63) is 37.5 Å². The average molecular weight is 452 g/mol. The van der Waals surface area contributed by atoms with Crippen LogP contribution in [0.3, 0.4) is 0 Å². The van der Waals surface area contributed by atoms with Gasteiger partial charge in [-0.15, -0.1) is 13.2 Å². The first kappa shape index (κ1) is 25.3. The first-order valence-electron chi connectivity index (χ1n) is 9.85. The van der Waals surface area contributed by atoms with Crippen LogP contribution in [0.15, 0.2) is 37.5 Å². The SMILES string of the molecule is C=CC1OC(C=C)C(C(=O)OC)C1C(=O)OC.COC(=O)C1C2C=CC(O2)C1C(=O)OC. The molecular weight excluding hydrogens is 424 g/mol. The molecule has 3 rings (SSSR count). The van der Waals surface area contributed by atoms with Crippen LogP contribution in [0.2, 0.25) is 0 Å². The summed E-state index contributed by atoms with van der Waals surface area (Å²) in [5.41, 5.74) is 0. The van der Waals surface area contributed by atoms with Crippen molar-refractivity contribution in [3.8, 4) is 0 Å². The highest BCUT2D eigenvalue weighted by molar-refractivity contribution is 5.85. The molecule has 0 aromatic carbocycles. The molecule has 10 heteroatoms. The highest BCUT2D eigenvalue weighted by Crippen LogP contribution is 2.40. The lowest BCUT2D eigenvalue weighted by atomic mass is 9.83. The second kappa shape index (κ2) is 11.1. The number of rotatable bonds is 6. The van der Waals surface area contributed by atoms with E-state index in [1.165, 1.54) is 40.6 Å². The summed E-state index contributed by atoms with van der Waals surface area (Å²) in [6.45, 7) is 7.16. The average Bonchev–Trinajstić information content (AvgIpc) is 3.54. The Kier molecular flexibility index (Phi) is 8.73. The Balaban J connectivity index is 0.000000228. The van der Waals surface area contributed by atoms with E-state index in [2.05, 4.69) is 32.1 Å². The molecule has 3 aliphatic rings. The summed E-state index contributed by atoms with van der Waals surface area (Å²) < 4.78 is 29.6. The molecule has 0 aromatic heterocycles. The van der Waals surface area contributed by atoms with Crippen LogP contribution in [0.5, 0.6) is 0 Å². The van der Waals surface area contributed by atoms with Crippen molar-refractivity contribution < 1.29 is 47.6 Å². The lowest BCUT2D eigenvalue weighted by molar-refractivity contribution is -0.156. The van der Waals surface area contributed by atoms with E-state index >= 15 is 0 Å². The zero-order chi connectivity index (χ0) is 24.0. The molecule has 0 aromatic rings. The maximum atomic E-state index is 11.7. The maximum absolute atomic E-state index is 11.7. The molecule has 0 radical (unpaired) electrons. The van der Waals surface area contributed by atoms with E-state index in [0.29, 0.717) is 0 Å². The molecule has 32 heavy (non-hydrogen) atoms. The third-order valence-corrected chi connectivity index (χ3v) is 5.67. The summed E-state index contributed by atoms with van der Waals surface area (Å²) in [5.74, 6) is -4.52. The number of ether oxygens (including phenoxy) is 6. The molecule has 2 saturated heterocycles. The van der Waals surface area contributed by atoms with E-state index in [1.807, 2.05) is 0 Å².